The SMILES string of the molecule is COc1ccc(CN(C)Cc2cn[nH]c2C)cc1Cl. The Balaban J connectivity index is 2.01. The van der Waals surface area contributed by atoms with Gasteiger partial charge >= 0.3 is 0 Å². The third kappa shape index (κ3) is 3.49. The number of methoxy groups -OCH3 is 1. The molecule has 102 valence electrons. The fourth-order valence-corrected chi connectivity index (χ4v) is 2.28. The molecule has 0 radical (unpaired) electrons. The highest BCUT2D eigenvalue weighted by Gasteiger charge is 2.07. The van der Waals surface area contributed by atoms with Crippen molar-refractivity contribution < 1.29 is 4.74 Å². The molecule has 1 aromatic heterocycles. The highest BCUT2D eigenvalue weighted by Crippen LogP contribution is 2.25. The molecule has 2 rings (SSSR count). The summed E-state index contributed by atoms with van der Waals surface area (Å²) >= 11 is 6.12. The number of aryl methyl sites for hydroxylation is 1. The quantitative estimate of drug-likeness (QED) is 0.915. The second-order valence-corrected chi connectivity index (χ2v) is 5.07. The van der Waals surface area contributed by atoms with Crippen molar-refractivity contribution in [3.8, 4) is 5.75 Å². The Bertz CT molecular complexity index is 553. The van der Waals surface area contributed by atoms with Crippen molar-refractivity contribution in [2.24, 2.45) is 0 Å². The standard InChI is InChI=1S/C14H18ClN3O/c1-10-12(7-16-17-10)9-18(2)8-11-4-5-14(19-3)13(15)6-11/h4-7H,8-9H2,1-3H3,(H,16,17). The minimum Gasteiger partial charge on any atom is -0.495 e. The summed E-state index contributed by atoms with van der Waals surface area (Å²) in [5.41, 5.74) is 3.48. The van der Waals surface area contributed by atoms with Crippen molar-refractivity contribution >= 4 is 11.6 Å². The summed E-state index contributed by atoms with van der Waals surface area (Å²) in [6.45, 7) is 3.71. The number of ether oxygens (including phenoxy) is 1. The predicted octanol–water partition coefficient (Wildman–Crippen LogP) is 3.01. The average Bonchev–Trinajstić information content (AvgIpc) is 2.75. The summed E-state index contributed by atoms with van der Waals surface area (Å²) < 4.78 is 5.15. The lowest BCUT2D eigenvalue weighted by atomic mass is 10.2. The molecule has 19 heavy (non-hydrogen) atoms. The number of H-pyrrole nitrogens is 1. The number of hydrogen-bond donors (Lipinski definition) is 1. The van der Waals surface area contributed by atoms with Gasteiger partial charge in [-0.2, -0.15) is 5.10 Å². The zero-order valence-electron chi connectivity index (χ0n) is 11.4. The van der Waals surface area contributed by atoms with Crippen molar-refractivity contribution in [2.45, 2.75) is 20.0 Å². The molecule has 0 amide bonds. The van der Waals surface area contributed by atoms with Crippen molar-refractivity contribution in [3.63, 3.8) is 0 Å². The molecule has 0 unspecified atom stereocenters. The van der Waals surface area contributed by atoms with Crippen LogP contribution in [0, 0.1) is 6.92 Å². The molecule has 0 fully saturated rings. The maximum Gasteiger partial charge on any atom is 0.137 e. The van der Waals surface area contributed by atoms with E-state index in [1.165, 1.54) is 5.56 Å². The topological polar surface area (TPSA) is 41.1 Å². The first kappa shape index (κ1) is 13.9. The Kier molecular flexibility index (Phi) is 4.45. The number of aromatic nitrogens is 2. The molecule has 4 nitrogen and oxygen atoms in total. The smallest absolute Gasteiger partial charge is 0.137 e. The Morgan fingerprint density at radius 2 is 2.16 bits per heavy atom. The van der Waals surface area contributed by atoms with Gasteiger partial charge in [0.15, 0.2) is 0 Å². The minimum atomic E-state index is 0.646. The first-order valence-electron chi connectivity index (χ1n) is 6.10. The summed E-state index contributed by atoms with van der Waals surface area (Å²) in [4.78, 5) is 2.22. The lowest BCUT2D eigenvalue weighted by molar-refractivity contribution is 0.318. The van der Waals surface area contributed by atoms with Gasteiger partial charge in [0.25, 0.3) is 0 Å². The molecular weight excluding hydrogens is 262 g/mol. The van der Waals surface area contributed by atoms with E-state index in [2.05, 4.69) is 22.1 Å². The largest absolute Gasteiger partial charge is 0.495 e. The molecule has 0 atom stereocenters. The second-order valence-electron chi connectivity index (χ2n) is 4.66. The summed E-state index contributed by atoms with van der Waals surface area (Å²) in [7, 11) is 3.69. The fourth-order valence-electron chi connectivity index (χ4n) is 2.00. The Labute approximate surface area is 118 Å². The number of aromatic amines is 1. The van der Waals surface area contributed by atoms with E-state index in [-0.39, 0.29) is 0 Å². The van der Waals surface area contributed by atoms with E-state index in [1.54, 1.807) is 7.11 Å². The van der Waals surface area contributed by atoms with Gasteiger partial charge in [0.1, 0.15) is 5.75 Å². The lowest BCUT2D eigenvalue weighted by Crippen LogP contribution is -2.17. The molecule has 1 N–H and O–H groups in total. The van der Waals surface area contributed by atoms with Gasteiger partial charge < -0.3 is 4.74 Å². The van der Waals surface area contributed by atoms with Crippen LogP contribution < -0.4 is 4.74 Å². The van der Waals surface area contributed by atoms with E-state index in [4.69, 9.17) is 16.3 Å². The molecule has 0 spiro atoms. The molecule has 2 aromatic rings. The van der Waals surface area contributed by atoms with Crippen molar-refractivity contribution in [2.75, 3.05) is 14.2 Å². The van der Waals surface area contributed by atoms with Crippen LogP contribution >= 0.6 is 11.6 Å². The van der Waals surface area contributed by atoms with Gasteiger partial charge in [-0.15, -0.1) is 0 Å². The average molecular weight is 280 g/mol. The number of benzene rings is 1. The number of rotatable bonds is 5. The zero-order valence-corrected chi connectivity index (χ0v) is 12.2. The van der Waals surface area contributed by atoms with E-state index < -0.39 is 0 Å². The van der Waals surface area contributed by atoms with Crippen LogP contribution in [0.15, 0.2) is 24.4 Å². The van der Waals surface area contributed by atoms with Crippen LogP contribution in [0.4, 0.5) is 0 Å². The summed E-state index contributed by atoms with van der Waals surface area (Å²) in [5.74, 6) is 0.707. The number of nitrogens with one attached hydrogen (secondary N) is 1. The molecule has 5 heteroatoms. The van der Waals surface area contributed by atoms with Crippen LogP contribution in [0.3, 0.4) is 0 Å². The minimum absolute atomic E-state index is 0.646. The van der Waals surface area contributed by atoms with E-state index in [0.29, 0.717) is 10.8 Å². The van der Waals surface area contributed by atoms with Gasteiger partial charge in [0.05, 0.1) is 18.3 Å². The van der Waals surface area contributed by atoms with Crippen LogP contribution in [-0.2, 0) is 13.1 Å². The summed E-state index contributed by atoms with van der Waals surface area (Å²) in [6.07, 6.45) is 1.87. The third-order valence-electron chi connectivity index (χ3n) is 3.04. The molecule has 1 heterocycles. The zero-order chi connectivity index (χ0) is 13.8. The fraction of sp³-hybridized carbons (Fsp3) is 0.357. The molecule has 0 saturated heterocycles. The van der Waals surface area contributed by atoms with Gasteiger partial charge in [-0.1, -0.05) is 17.7 Å². The van der Waals surface area contributed by atoms with Gasteiger partial charge in [0.2, 0.25) is 0 Å². The number of hydrogen-bond acceptors (Lipinski definition) is 3. The van der Waals surface area contributed by atoms with Crippen molar-refractivity contribution in [3.05, 3.63) is 46.2 Å². The first-order valence-corrected chi connectivity index (χ1v) is 6.47. The van der Waals surface area contributed by atoms with Crippen LogP contribution in [0.25, 0.3) is 0 Å². The van der Waals surface area contributed by atoms with Crippen molar-refractivity contribution in [1.82, 2.24) is 15.1 Å². The van der Waals surface area contributed by atoms with Crippen LogP contribution in [0.5, 0.6) is 5.75 Å². The Morgan fingerprint density at radius 3 is 2.74 bits per heavy atom. The molecule has 0 aliphatic carbocycles. The van der Waals surface area contributed by atoms with Gasteiger partial charge in [-0.05, 0) is 31.7 Å². The van der Waals surface area contributed by atoms with Gasteiger partial charge in [-0.25, -0.2) is 0 Å². The molecule has 1 aromatic carbocycles. The van der Waals surface area contributed by atoms with Crippen LogP contribution in [0.1, 0.15) is 16.8 Å². The van der Waals surface area contributed by atoms with E-state index in [0.717, 1.165) is 24.3 Å². The Morgan fingerprint density at radius 1 is 1.37 bits per heavy atom. The normalized spacial score (nSPS) is 11.0. The predicted molar refractivity (Wildman–Crippen MR) is 76.5 cm³/mol. The Hall–Kier alpha value is -1.52. The number of halogens is 1. The van der Waals surface area contributed by atoms with Gasteiger partial charge in [-0.3, -0.25) is 10.00 Å². The van der Waals surface area contributed by atoms with Crippen LogP contribution in [0.2, 0.25) is 5.02 Å². The monoisotopic (exact) mass is 279 g/mol. The summed E-state index contributed by atoms with van der Waals surface area (Å²) in [5, 5.41) is 7.62. The van der Waals surface area contributed by atoms with Crippen molar-refractivity contribution in [1.29, 1.82) is 0 Å². The maximum atomic E-state index is 6.12. The van der Waals surface area contributed by atoms with E-state index in [1.807, 2.05) is 31.3 Å². The van der Waals surface area contributed by atoms with E-state index >= 15 is 0 Å². The van der Waals surface area contributed by atoms with Gasteiger partial charge in [0, 0.05) is 24.3 Å². The molecule has 0 bridgehead atoms. The molecule has 0 aliphatic heterocycles. The third-order valence-corrected chi connectivity index (χ3v) is 3.34. The number of nitrogens with zero attached hydrogens (tertiary/aromatic N) is 2. The highest BCUT2D eigenvalue weighted by atomic mass is 35.5. The van der Waals surface area contributed by atoms with Crippen LogP contribution in [-0.4, -0.2) is 29.3 Å². The highest BCUT2D eigenvalue weighted by molar-refractivity contribution is 6.32. The maximum absolute atomic E-state index is 6.12. The summed E-state index contributed by atoms with van der Waals surface area (Å²) in [6, 6.07) is 5.87. The molecular formula is C14H18ClN3O. The van der Waals surface area contributed by atoms with E-state index in [9.17, 15) is 0 Å². The first-order chi connectivity index (χ1) is 9.10. The lowest BCUT2D eigenvalue weighted by Gasteiger charge is -2.17. The second kappa shape index (κ2) is 6.08. The molecule has 0 saturated carbocycles. The molecule has 0 aliphatic rings.